The third-order valence-corrected chi connectivity index (χ3v) is 4.94. The fourth-order valence-electron chi connectivity index (χ4n) is 3.39. The van der Waals surface area contributed by atoms with Gasteiger partial charge in [0, 0.05) is 6.08 Å². The molecular weight excluding hydrogens is 405 g/mol. The van der Waals surface area contributed by atoms with Gasteiger partial charge >= 0.3 is 7.47 Å². The summed E-state index contributed by atoms with van der Waals surface area (Å²) in [5, 5.41) is 4.27. The molecule has 0 aliphatic rings. The van der Waals surface area contributed by atoms with Crippen LogP contribution in [-0.4, -0.2) is 13.3 Å². The first-order chi connectivity index (χ1) is 15.6. The van der Waals surface area contributed by atoms with Crippen molar-refractivity contribution in [2.24, 2.45) is 0 Å². The van der Waals surface area contributed by atoms with Crippen LogP contribution in [0.3, 0.4) is 0 Å². The van der Waals surface area contributed by atoms with E-state index in [0.717, 1.165) is 38.7 Å². The average Bonchev–Trinajstić information content (AvgIpc) is 2.80. The first-order valence-corrected chi connectivity index (χ1v) is 10.1. The van der Waals surface area contributed by atoms with Gasteiger partial charge in [0.05, 0.1) is 0 Å². The Kier molecular flexibility index (Phi) is 6.56. The third-order valence-electron chi connectivity index (χ3n) is 4.94. The number of carbonyl (C=O) groups excluding carboxylic acids is 1. The van der Waals surface area contributed by atoms with Crippen molar-refractivity contribution in [3.05, 3.63) is 120 Å². The zero-order chi connectivity index (χ0) is 22.3. The molecule has 0 unspecified atom stereocenters. The molecule has 4 rings (SSSR count). The maximum atomic E-state index is 12.8. The Bertz CT molecular complexity index is 1360. The average molecular weight is 424 g/mol. The standard InChI is InChI=1S/C27H19BF2O2/c29-28(30)32-27(16-12-21-10-14-23-6-2-4-8-25(23)18-21)19-26(31)15-11-20-9-13-22-5-1-3-7-24(22)17-20/h1-19H/b15-11+,16-12+,27-19-. The number of carbonyl (C=O) groups is 1. The molecule has 156 valence electrons. The molecule has 32 heavy (non-hydrogen) atoms. The highest BCUT2D eigenvalue weighted by Crippen LogP contribution is 2.18. The number of benzene rings is 4. The van der Waals surface area contributed by atoms with Crippen molar-refractivity contribution in [1.29, 1.82) is 0 Å². The van der Waals surface area contributed by atoms with Crippen LogP contribution in [0.15, 0.2) is 109 Å². The summed E-state index contributed by atoms with van der Waals surface area (Å²) in [6, 6.07) is 27.3. The number of fused-ring (bicyclic) bond motifs is 2. The molecule has 0 amide bonds. The smallest absolute Gasteiger partial charge is 0.505 e. The molecule has 0 aromatic heterocycles. The van der Waals surface area contributed by atoms with Crippen molar-refractivity contribution in [3.8, 4) is 0 Å². The number of hydrogen-bond acceptors (Lipinski definition) is 2. The Balaban J connectivity index is 1.52. The summed E-state index contributed by atoms with van der Waals surface area (Å²) in [4.78, 5) is 12.3. The fraction of sp³-hybridized carbons (Fsp3) is 0. The van der Waals surface area contributed by atoms with Crippen LogP contribution in [0.5, 0.6) is 0 Å². The Hall–Kier alpha value is -3.99. The molecule has 5 heteroatoms. The van der Waals surface area contributed by atoms with Crippen LogP contribution in [0.4, 0.5) is 8.63 Å². The van der Waals surface area contributed by atoms with E-state index in [1.807, 2.05) is 84.9 Å². The second kappa shape index (κ2) is 9.88. The van der Waals surface area contributed by atoms with Gasteiger partial charge in [-0.3, -0.25) is 4.79 Å². The molecule has 2 nitrogen and oxygen atoms in total. The van der Waals surface area contributed by atoms with Gasteiger partial charge in [0.2, 0.25) is 0 Å². The number of halogens is 2. The molecule has 0 radical (unpaired) electrons. The minimum Gasteiger partial charge on any atom is -0.505 e. The Morgan fingerprint density at radius 1 is 0.688 bits per heavy atom. The predicted molar refractivity (Wildman–Crippen MR) is 128 cm³/mol. The number of hydrogen-bond donors (Lipinski definition) is 0. The summed E-state index contributed by atoms with van der Waals surface area (Å²) in [6.07, 6.45) is 7.06. The van der Waals surface area contributed by atoms with E-state index in [-0.39, 0.29) is 5.76 Å². The van der Waals surface area contributed by atoms with Crippen LogP contribution in [0.1, 0.15) is 11.1 Å². The van der Waals surface area contributed by atoms with E-state index in [0.29, 0.717) is 0 Å². The van der Waals surface area contributed by atoms with Crippen LogP contribution in [-0.2, 0) is 9.45 Å². The Morgan fingerprint density at radius 3 is 1.72 bits per heavy atom. The Morgan fingerprint density at radius 2 is 1.19 bits per heavy atom. The highest BCUT2D eigenvalue weighted by molar-refractivity contribution is 6.35. The lowest BCUT2D eigenvalue weighted by molar-refractivity contribution is -0.110. The van der Waals surface area contributed by atoms with Crippen LogP contribution in [0, 0.1) is 0 Å². The second-order valence-electron chi connectivity index (χ2n) is 7.21. The maximum Gasteiger partial charge on any atom is 0.796 e. The fourth-order valence-corrected chi connectivity index (χ4v) is 3.39. The summed E-state index contributed by atoms with van der Waals surface area (Å²) < 4.78 is 30.2. The van der Waals surface area contributed by atoms with Gasteiger partial charge in [0.25, 0.3) is 0 Å². The molecule has 4 aromatic carbocycles. The summed E-state index contributed by atoms with van der Waals surface area (Å²) in [6.45, 7) is 0. The highest BCUT2D eigenvalue weighted by Gasteiger charge is 2.18. The molecule has 0 aliphatic heterocycles. The van der Waals surface area contributed by atoms with E-state index >= 15 is 0 Å². The number of allylic oxidation sites excluding steroid dienone is 3. The summed E-state index contributed by atoms with van der Waals surface area (Å²) in [7, 11) is -3.03. The van der Waals surface area contributed by atoms with Gasteiger partial charge < -0.3 is 4.65 Å². The zero-order valence-electron chi connectivity index (χ0n) is 17.1. The molecule has 0 aliphatic carbocycles. The quantitative estimate of drug-likeness (QED) is 0.137. The van der Waals surface area contributed by atoms with Crippen molar-refractivity contribution < 1.29 is 18.1 Å². The minimum absolute atomic E-state index is 0.207. The lowest BCUT2D eigenvalue weighted by Gasteiger charge is -2.03. The van der Waals surface area contributed by atoms with Gasteiger partial charge in [-0.15, -0.1) is 0 Å². The molecule has 0 saturated heterocycles. The van der Waals surface area contributed by atoms with Gasteiger partial charge in [0.15, 0.2) is 5.78 Å². The number of ketones is 1. The maximum absolute atomic E-state index is 12.8. The van der Waals surface area contributed by atoms with Crippen LogP contribution < -0.4 is 0 Å². The van der Waals surface area contributed by atoms with Crippen molar-refractivity contribution in [2.75, 3.05) is 0 Å². The summed E-state index contributed by atoms with van der Waals surface area (Å²) in [5.41, 5.74) is 1.65. The SMILES string of the molecule is O=C(/C=C(/C=C/c1ccc2ccccc2c1)OB(F)F)/C=C/c1ccc2ccccc2c1. The third kappa shape index (κ3) is 5.58. The van der Waals surface area contributed by atoms with Gasteiger partial charge in [-0.05, 0) is 57.0 Å². The first kappa shape index (κ1) is 21.3. The van der Waals surface area contributed by atoms with E-state index in [1.54, 1.807) is 12.2 Å². The molecule has 0 spiro atoms. The second-order valence-corrected chi connectivity index (χ2v) is 7.21. The van der Waals surface area contributed by atoms with Crippen LogP contribution in [0.25, 0.3) is 33.7 Å². The molecule has 0 fully saturated rings. The molecule has 0 heterocycles. The van der Waals surface area contributed by atoms with Crippen LogP contribution >= 0.6 is 0 Å². The molecule has 0 saturated carbocycles. The van der Waals surface area contributed by atoms with Crippen molar-refractivity contribution in [2.45, 2.75) is 0 Å². The molecular formula is C27H19BF2O2. The van der Waals surface area contributed by atoms with E-state index in [9.17, 15) is 13.4 Å². The highest BCUT2D eigenvalue weighted by atomic mass is 19.2. The largest absolute Gasteiger partial charge is 0.796 e. The van der Waals surface area contributed by atoms with Gasteiger partial charge in [-0.2, -0.15) is 0 Å². The lowest BCUT2D eigenvalue weighted by atomic mass is 10.1. The minimum atomic E-state index is -3.03. The van der Waals surface area contributed by atoms with E-state index in [1.165, 1.54) is 12.2 Å². The molecule has 0 bridgehead atoms. The van der Waals surface area contributed by atoms with E-state index in [4.69, 9.17) is 0 Å². The van der Waals surface area contributed by atoms with E-state index in [2.05, 4.69) is 4.65 Å². The lowest BCUT2D eigenvalue weighted by Crippen LogP contribution is -2.04. The summed E-state index contributed by atoms with van der Waals surface area (Å²) in [5.74, 6) is -0.654. The van der Waals surface area contributed by atoms with Crippen LogP contribution in [0.2, 0.25) is 0 Å². The van der Waals surface area contributed by atoms with Crippen molar-refractivity contribution in [1.82, 2.24) is 0 Å². The van der Waals surface area contributed by atoms with Gasteiger partial charge in [0.1, 0.15) is 5.76 Å². The van der Waals surface area contributed by atoms with Gasteiger partial charge in [-0.25, -0.2) is 8.63 Å². The van der Waals surface area contributed by atoms with Gasteiger partial charge in [-0.1, -0.05) is 84.9 Å². The molecule has 0 atom stereocenters. The monoisotopic (exact) mass is 424 g/mol. The van der Waals surface area contributed by atoms with E-state index < -0.39 is 13.3 Å². The molecule has 4 aromatic rings. The van der Waals surface area contributed by atoms with Crippen molar-refractivity contribution in [3.63, 3.8) is 0 Å². The normalized spacial score (nSPS) is 12.1. The Labute approximate surface area is 185 Å². The topological polar surface area (TPSA) is 26.3 Å². The predicted octanol–water partition coefficient (Wildman–Crippen LogP) is 7.11. The van der Waals surface area contributed by atoms with Crippen molar-refractivity contribution >= 4 is 46.9 Å². The molecule has 0 N–H and O–H groups in total. The first-order valence-electron chi connectivity index (χ1n) is 10.1. The summed E-state index contributed by atoms with van der Waals surface area (Å²) >= 11 is 0. The number of rotatable bonds is 7. The zero-order valence-corrected chi connectivity index (χ0v) is 17.1.